The van der Waals surface area contributed by atoms with Crippen molar-refractivity contribution in [3.63, 3.8) is 0 Å². The summed E-state index contributed by atoms with van der Waals surface area (Å²) in [6, 6.07) is 6.05. The van der Waals surface area contributed by atoms with Crippen LogP contribution in [0.25, 0.3) is 0 Å². The quantitative estimate of drug-likeness (QED) is 0.647. The highest BCUT2D eigenvalue weighted by atomic mass is 32.1. The molecule has 1 unspecified atom stereocenters. The van der Waals surface area contributed by atoms with Gasteiger partial charge in [-0.3, -0.25) is 0 Å². The standard InChI is InChI=1S/C13H14N4O3S/c1-7(11-16-10(6-21-11)12(18)19)15-13(20)17-9-5-3-2-4-8(9)14/h2-7H,14H2,1H3,(H,18,19)(H2,15,17,20). The minimum absolute atomic E-state index is 0.0311. The number of aromatic carboxylic acids is 1. The topological polar surface area (TPSA) is 117 Å². The summed E-state index contributed by atoms with van der Waals surface area (Å²) in [5, 5.41) is 16.1. The Hall–Kier alpha value is -2.61. The third-order valence-electron chi connectivity index (χ3n) is 2.67. The Morgan fingerprint density at radius 2 is 2.10 bits per heavy atom. The number of anilines is 2. The molecule has 2 aromatic rings. The number of urea groups is 1. The molecule has 0 fully saturated rings. The predicted molar refractivity (Wildman–Crippen MR) is 80.5 cm³/mol. The van der Waals surface area contributed by atoms with E-state index in [1.807, 2.05) is 0 Å². The van der Waals surface area contributed by atoms with Gasteiger partial charge in [0.2, 0.25) is 0 Å². The summed E-state index contributed by atoms with van der Waals surface area (Å²) in [4.78, 5) is 26.6. The number of carboxylic acid groups (broad SMARTS) is 1. The van der Waals surface area contributed by atoms with Gasteiger partial charge >= 0.3 is 12.0 Å². The van der Waals surface area contributed by atoms with Gasteiger partial charge in [0.05, 0.1) is 17.4 Å². The highest BCUT2D eigenvalue weighted by Crippen LogP contribution is 2.19. The number of thiazole rings is 1. The smallest absolute Gasteiger partial charge is 0.355 e. The highest BCUT2D eigenvalue weighted by Gasteiger charge is 2.16. The van der Waals surface area contributed by atoms with E-state index in [1.165, 1.54) is 16.7 Å². The number of benzene rings is 1. The van der Waals surface area contributed by atoms with E-state index in [2.05, 4.69) is 15.6 Å². The molecule has 0 aliphatic heterocycles. The number of hydrogen-bond donors (Lipinski definition) is 4. The molecule has 0 saturated carbocycles. The number of rotatable bonds is 4. The molecule has 0 radical (unpaired) electrons. The lowest BCUT2D eigenvalue weighted by Crippen LogP contribution is -2.31. The predicted octanol–water partition coefficient (Wildman–Crippen LogP) is 2.31. The number of nitrogens with zero attached hydrogens (tertiary/aromatic N) is 1. The Bertz CT molecular complexity index is 671. The monoisotopic (exact) mass is 306 g/mol. The number of para-hydroxylation sites is 2. The first-order valence-corrected chi connectivity index (χ1v) is 6.96. The number of nitrogens with two attached hydrogens (primary N) is 1. The Kier molecular flexibility index (Phi) is 4.39. The van der Waals surface area contributed by atoms with Crippen molar-refractivity contribution in [1.82, 2.24) is 10.3 Å². The molecule has 2 amide bonds. The van der Waals surface area contributed by atoms with E-state index in [9.17, 15) is 9.59 Å². The van der Waals surface area contributed by atoms with Crippen LogP contribution in [0.2, 0.25) is 0 Å². The van der Waals surface area contributed by atoms with Crippen molar-refractivity contribution in [2.45, 2.75) is 13.0 Å². The maximum absolute atomic E-state index is 11.9. The average Bonchev–Trinajstić information content (AvgIpc) is 2.91. The third-order valence-corrected chi connectivity index (χ3v) is 3.70. The maximum Gasteiger partial charge on any atom is 0.355 e. The Morgan fingerprint density at radius 3 is 2.71 bits per heavy atom. The normalized spacial score (nSPS) is 11.7. The van der Waals surface area contributed by atoms with Crippen LogP contribution < -0.4 is 16.4 Å². The van der Waals surface area contributed by atoms with Crippen LogP contribution in [0, 0.1) is 0 Å². The first-order chi connectivity index (χ1) is 9.97. The highest BCUT2D eigenvalue weighted by molar-refractivity contribution is 7.09. The number of aromatic nitrogens is 1. The summed E-state index contributed by atoms with van der Waals surface area (Å²) in [6.45, 7) is 1.72. The first-order valence-electron chi connectivity index (χ1n) is 6.08. The molecule has 2 rings (SSSR count). The van der Waals surface area contributed by atoms with E-state index in [4.69, 9.17) is 10.8 Å². The summed E-state index contributed by atoms with van der Waals surface area (Å²) < 4.78 is 0. The van der Waals surface area contributed by atoms with Crippen LogP contribution in [0.3, 0.4) is 0 Å². The van der Waals surface area contributed by atoms with Gasteiger partial charge in [-0.05, 0) is 19.1 Å². The minimum Gasteiger partial charge on any atom is -0.476 e. The first kappa shape index (κ1) is 14.8. The Balaban J connectivity index is 1.98. The molecule has 5 N–H and O–H groups in total. The van der Waals surface area contributed by atoms with Gasteiger partial charge in [0.15, 0.2) is 5.69 Å². The van der Waals surface area contributed by atoms with Crippen molar-refractivity contribution in [2.24, 2.45) is 0 Å². The van der Waals surface area contributed by atoms with Crippen LogP contribution >= 0.6 is 11.3 Å². The van der Waals surface area contributed by atoms with Crippen LogP contribution in [-0.2, 0) is 0 Å². The average molecular weight is 306 g/mol. The SMILES string of the molecule is CC(NC(=O)Nc1ccccc1N)c1nc(C(=O)O)cs1. The summed E-state index contributed by atoms with van der Waals surface area (Å²) in [5.74, 6) is -1.09. The van der Waals surface area contributed by atoms with E-state index < -0.39 is 18.0 Å². The fourth-order valence-corrected chi connectivity index (χ4v) is 2.41. The van der Waals surface area contributed by atoms with Gasteiger partial charge in [-0.2, -0.15) is 0 Å². The van der Waals surface area contributed by atoms with E-state index in [0.29, 0.717) is 16.4 Å². The van der Waals surface area contributed by atoms with E-state index in [1.54, 1.807) is 31.2 Å². The second-order valence-electron chi connectivity index (χ2n) is 4.28. The zero-order valence-electron chi connectivity index (χ0n) is 11.2. The largest absolute Gasteiger partial charge is 0.476 e. The molecule has 1 heterocycles. The fourth-order valence-electron chi connectivity index (χ4n) is 1.61. The van der Waals surface area contributed by atoms with Crippen molar-refractivity contribution in [1.29, 1.82) is 0 Å². The van der Waals surface area contributed by atoms with E-state index in [-0.39, 0.29) is 5.69 Å². The van der Waals surface area contributed by atoms with E-state index >= 15 is 0 Å². The molecule has 0 aliphatic carbocycles. The summed E-state index contributed by atoms with van der Waals surface area (Å²) in [5.41, 5.74) is 6.67. The van der Waals surface area contributed by atoms with Crippen molar-refractivity contribution in [3.05, 3.63) is 40.3 Å². The molecular formula is C13H14N4O3S. The van der Waals surface area contributed by atoms with Gasteiger partial charge in [0.25, 0.3) is 0 Å². The third kappa shape index (κ3) is 3.69. The van der Waals surface area contributed by atoms with Gasteiger partial charge in [-0.15, -0.1) is 11.3 Å². The molecule has 0 bridgehead atoms. The number of carbonyl (C=O) groups excluding carboxylic acids is 1. The molecule has 1 atom stereocenters. The molecule has 21 heavy (non-hydrogen) atoms. The molecular weight excluding hydrogens is 292 g/mol. The molecule has 1 aromatic heterocycles. The molecule has 0 saturated heterocycles. The van der Waals surface area contributed by atoms with Crippen molar-refractivity contribution >= 4 is 34.7 Å². The maximum atomic E-state index is 11.9. The molecule has 0 spiro atoms. The number of hydrogen-bond acceptors (Lipinski definition) is 5. The van der Waals surface area contributed by atoms with Crippen LogP contribution in [0.5, 0.6) is 0 Å². The summed E-state index contributed by atoms with van der Waals surface area (Å²) in [6.07, 6.45) is 0. The number of nitrogens with one attached hydrogen (secondary N) is 2. The molecule has 110 valence electrons. The van der Waals surface area contributed by atoms with Gasteiger partial charge in [-0.25, -0.2) is 14.6 Å². The van der Waals surface area contributed by atoms with Crippen LogP contribution in [-0.4, -0.2) is 22.1 Å². The summed E-state index contributed by atoms with van der Waals surface area (Å²) >= 11 is 1.18. The fraction of sp³-hybridized carbons (Fsp3) is 0.154. The second kappa shape index (κ2) is 6.23. The van der Waals surface area contributed by atoms with Gasteiger partial charge in [0, 0.05) is 5.38 Å². The lowest BCUT2D eigenvalue weighted by Gasteiger charge is -2.13. The molecule has 1 aromatic carbocycles. The lowest BCUT2D eigenvalue weighted by atomic mass is 10.3. The van der Waals surface area contributed by atoms with Crippen LogP contribution in [0.1, 0.15) is 28.5 Å². The number of nitrogen functional groups attached to an aromatic ring is 1. The Morgan fingerprint density at radius 1 is 1.38 bits per heavy atom. The summed E-state index contributed by atoms with van der Waals surface area (Å²) in [7, 11) is 0. The zero-order valence-corrected chi connectivity index (χ0v) is 12.0. The second-order valence-corrected chi connectivity index (χ2v) is 5.17. The van der Waals surface area contributed by atoms with Crippen molar-refractivity contribution < 1.29 is 14.7 Å². The van der Waals surface area contributed by atoms with Crippen LogP contribution in [0.15, 0.2) is 29.6 Å². The van der Waals surface area contributed by atoms with Crippen molar-refractivity contribution in [3.8, 4) is 0 Å². The van der Waals surface area contributed by atoms with E-state index in [0.717, 1.165) is 0 Å². The molecule has 0 aliphatic rings. The number of carboxylic acids is 1. The van der Waals surface area contributed by atoms with Gasteiger partial charge in [-0.1, -0.05) is 12.1 Å². The van der Waals surface area contributed by atoms with Crippen LogP contribution in [0.4, 0.5) is 16.2 Å². The zero-order chi connectivity index (χ0) is 15.4. The molecule has 8 heteroatoms. The van der Waals surface area contributed by atoms with Gasteiger partial charge in [0.1, 0.15) is 5.01 Å². The number of amides is 2. The van der Waals surface area contributed by atoms with Crippen molar-refractivity contribution in [2.75, 3.05) is 11.1 Å². The minimum atomic E-state index is -1.09. The van der Waals surface area contributed by atoms with Gasteiger partial charge < -0.3 is 21.5 Å². The number of carbonyl (C=O) groups is 2. The Labute approximate surface area is 124 Å². The molecule has 7 nitrogen and oxygen atoms in total. The lowest BCUT2D eigenvalue weighted by molar-refractivity contribution is 0.0691.